The van der Waals surface area contributed by atoms with E-state index in [2.05, 4.69) is 25.7 Å². The predicted molar refractivity (Wildman–Crippen MR) is 124 cm³/mol. The first-order chi connectivity index (χ1) is 15.2. The number of ether oxygens (including phenoxy) is 2. The molecule has 1 aliphatic heterocycles. The summed E-state index contributed by atoms with van der Waals surface area (Å²) < 4.78 is 24.5. The highest BCUT2D eigenvalue weighted by molar-refractivity contribution is 5.44. The first kappa shape index (κ1) is 24.5. The van der Waals surface area contributed by atoms with Crippen molar-refractivity contribution in [1.29, 1.82) is 0 Å². The highest BCUT2D eigenvalue weighted by Crippen LogP contribution is 2.34. The van der Waals surface area contributed by atoms with Gasteiger partial charge in [-0.1, -0.05) is 32.9 Å². The van der Waals surface area contributed by atoms with Gasteiger partial charge in [0, 0.05) is 12.1 Å². The first-order valence-electron chi connectivity index (χ1n) is 11.3. The first-order valence-corrected chi connectivity index (χ1v) is 11.3. The van der Waals surface area contributed by atoms with Crippen LogP contribution in [0, 0.1) is 11.7 Å². The maximum absolute atomic E-state index is 13.1. The SMILES string of the molecule is COc1ccc(OCC(O)CN2CCC(C(O)c3ccc(F)cc3)CC2)c(C(C)(C)C)c1. The van der Waals surface area contributed by atoms with Gasteiger partial charge in [0.2, 0.25) is 0 Å². The Hall–Kier alpha value is -2.15. The number of aliphatic hydroxyl groups is 2. The number of likely N-dealkylation sites (tertiary alicyclic amines) is 1. The Morgan fingerprint density at radius 1 is 1.06 bits per heavy atom. The lowest BCUT2D eigenvalue weighted by molar-refractivity contribution is 0.0276. The lowest BCUT2D eigenvalue weighted by Gasteiger charge is -2.35. The van der Waals surface area contributed by atoms with Gasteiger partial charge in [0.05, 0.1) is 13.2 Å². The lowest BCUT2D eigenvalue weighted by Crippen LogP contribution is -2.41. The standard InChI is InChI=1S/C26H36FNO4/c1-26(2,3)23-15-22(31-4)9-10-24(23)32-17-21(29)16-28-13-11-19(12-14-28)25(30)18-5-7-20(27)8-6-18/h5-10,15,19,21,25,29-30H,11-14,16-17H2,1-4H3. The summed E-state index contributed by atoms with van der Waals surface area (Å²) in [7, 11) is 1.65. The van der Waals surface area contributed by atoms with Gasteiger partial charge in [-0.2, -0.15) is 0 Å². The molecule has 2 atom stereocenters. The Labute approximate surface area is 190 Å². The van der Waals surface area contributed by atoms with Gasteiger partial charge < -0.3 is 24.6 Å². The van der Waals surface area contributed by atoms with Crippen LogP contribution in [0.25, 0.3) is 0 Å². The van der Waals surface area contributed by atoms with E-state index in [9.17, 15) is 14.6 Å². The summed E-state index contributed by atoms with van der Waals surface area (Å²) in [5.74, 6) is 1.39. The number of rotatable bonds is 8. The highest BCUT2D eigenvalue weighted by Gasteiger charge is 2.27. The van der Waals surface area contributed by atoms with Crippen molar-refractivity contribution in [3.8, 4) is 11.5 Å². The lowest BCUT2D eigenvalue weighted by atomic mass is 9.86. The van der Waals surface area contributed by atoms with E-state index in [4.69, 9.17) is 9.47 Å². The molecular weight excluding hydrogens is 409 g/mol. The number of methoxy groups -OCH3 is 1. The second-order valence-electron chi connectivity index (χ2n) is 9.71. The average Bonchev–Trinajstić information content (AvgIpc) is 2.77. The van der Waals surface area contributed by atoms with Crippen molar-refractivity contribution in [3.05, 3.63) is 59.4 Å². The molecule has 32 heavy (non-hydrogen) atoms. The minimum Gasteiger partial charge on any atom is -0.497 e. The van der Waals surface area contributed by atoms with Gasteiger partial charge in [-0.15, -0.1) is 0 Å². The minimum atomic E-state index is -0.608. The van der Waals surface area contributed by atoms with Crippen LogP contribution < -0.4 is 9.47 Å². The van der Waals surface area contributed by atoms with Gasteiger partial charge in [0.1, 0.15) is 30.0 Å². The molecule has 1 fully saturated rings. The fraction of sp³-hybridized carbons (Fsp3) is 0.538. The zero-order valence-electron chi connectivity index (χ0n) is 19.6. The molecule has 0 amide bonds. The fourth-order valence-electron chi connectivity index (χ4n) is 4.27. The van der Waals surface area contributed by atoms with Crippen molar-refractivity contribution >= 4 is 0 Å². The summed E-state index contributed by atoms with van der Waals surface area (Å²) in [5, 5.41) is 21.2. The number of hydrogen-bond acceptors (Lipinski definition) is 5. The van der Waals surface area contributed by atoms with E-state index in [1.165, 1.54) is 12.1 Å². The molecule has 0 bridgehead atoms. The molecule has 3 rings (SSSR count). The molecule has 1 aliphatic rings. The molecule has 2 aromatic carbocycles. The van der Waals surface area contributed by atoms with Crippen LogP contribution in [-0.4, -0.2) is 54.6 Å². The third kappa shape index (κ3) is 6.44. The Kier molecular flexibility index (Phi) is 8.15. The summed E-state index contributed by atoms with van der Waals surface area (Å²) >= 11 is 0. The summed E-state index contributed by atoms with van der Waals surface area (Å²) in [6, 6.07) is 11.8. The van der Waals surface area contributed by atoms with Crippen molar-refractivity contribution in [1.82, 2.24) is 4.90 Å². The summed E-state index contributed by atoms with van der Waals surface area (Å²) in [6.07, 6.45) is 0.470. The van der Waals surface area contributed by atoms with Crippen LogP contribution in [0.15, 0.2) is 42.5 Å². The Morgan fingerprint density at radius 2 is 1.72 bits per heavy atom. The maximum atomic E-state index is 13.1. The molecule has 2 aromatic rings. The van der Waals surface area contributed by atoms with Crippen molar-refractivity contribution < 1.29 is 24.1 Å². The van der Waals surface area contributed by atoms with Crippen molar-refractivity contribution in [2.24, 2.45) is 5.92 Å². The molecule has 0 spiro atoms. The van der Waals surface area contributed by atoms with Crippen molar-refractivity contribution in [3.63, 3.8) is 0 Å². The molecule has 5 nitrogen and oxygen atoms in total. The van der Waals surface area contributed by atoms with Gasteiger partial charge in [-0.05, 0) is 73.2 Å². The normalized spacial score (nSPS) is 17.7. The zero-order valence-corrected chi connectivity index (χ0v) is 19.6. The van der Waals surface area contributed by atoms with Gasteiger partial charge in [0.15, 0.2) is 0 Å². The van der Waals surface area contributed by atoms with Crippen LogP contribution in [-0.2, 0) is 5.41 Å². The molecule has 0 aromatic heterocycles. The monoisotopic (exact) mass is 445 g/mol. The highest BCUT2D eigenvalue weighted by atomic mass is 19.1. The maximum Gasteiger partial charge on any atom is 0.123 e. The third-order valence-corrected chi connectivity index (χ3v) is 6.19. The van der Waals surface area contributed by atoms with Gasteiger partial charge in [-0.25, -0.2) is 4.39 Å². The van der Waals surface area contributed by atoms with E-state index in [0.29, 0.717) is 6.54 Å². The summed E-state index contributed by atoms with van der Waals surface area (Å²) in [5.41, 5.74) is 1.69. The second-order valence-corrected chi connectivity index (χ2v) is 9.71. The van der Waals surface area contributed by atoms with E-state index in [1.807, 2.05) is 18.2 Å². The largest absolute Gasteiger partial charge is 0.497 e. The molecule has 0 aliphatic carbocycles. The van der Waals surface area contributed by atoms with E-state index >= 15 is 0 Å². The number of aliphatic hydroxyl groups excluding tert-OH is 2. The van der Waals surface area contributed by atoms with Crippen molar-refractivity contribution in [2.45, 2.75) is 51.2 Å². The zero-order chi connectivity index (χ0) is 23.3. The van der Waals surface area contributed by atoms with Gasteiger partial charge in [-0.3, -0.25) is 0 Å². The smallest absolute Gasteiger partial charge is 0.123 e. The minimum absolute atomic E-state index is 0.109. The molecule has 6 heteroatoms. The number of β-amino-alcohol motifs (C(OH)–C–C–N with tert-alkyl or cyclic N) is 1. The number of nitrogens with zero attached hydrogens (tertiary/aromatic N) is 1. The van der Waals surface area contributed by atoms with Crippen molar-refractivity contribution in [2.75, 3.05) is 33.4 Å². The molecule has 1 saturated heterocycles. The molecule has 176 valence electrons. The third-order valence-electron chi connectivity index (χ3n) is 6.19. The summed E-state index contributed by atoms with van der Waals surface area (Å²) in [6.45, 7) is 8.71. The summed E-state index contributed by atoms with van der Waals surface area (Å²) in [4.78, 5) is 2.21. The van der Waals surface area contributed by atoms with Gasteiger partial charge >= 0.3 is 0 Å². The number of halogens is 1. The second kappa shape index (κ2) is 10.6. The predicted octanol–water partition coefficient (Wildman–Crippen LogP) is 4.32. The molecule has 0 saturated carbocycles. The van der Waals surface area contributed by atoms with Crippen LogP contribution in [0.4, 0.5) is 4.39 Å². The van der Waals surface area contributed by atoms with Crippen LogP contribution in [0.1, 0.15) is 50.8 Å². The van der Waals surface area contributed by atoms with Crippen LogP contribution in [0.3, 0.4) is 0 Å². The number of benzene rings is 2. The van der Waals surface area contributed by atoms with Crippen LogP contribution in [0.5, 0.6) is 11.5 Å². The van der Waals surface area contributed by atoms with Crippen LogP contribution in [0.2, 0.25) is 0 Å². The topological polar surface area (TPSA) is 62.2 Å². The quantitative estimate of drug-likeness (QED) is 0.634. The molecule has 2 unspecified atom stereocenters. The fourth-order valence-corrected chi connectivity index (χ4v) is 4.27. The number of hydrogen-bond donors (Lipinski definition) is 2. The average molecular weight is 446 g/mol. The molecule has 0 radical (unpaired) electrons. The molecule has 1 heterocycles. The molecule has 2 N–H and O–H groups in total. The molecular formula is C26H36FNO4. The Morgan fingerprint density at radius 3 is 2.31 bits per heavy atom. The Balaban J connectivity index is 1.48. The van der Waals surface area contributed by atoms with E-state index in [-0.39, 0.29) is 23.8 Å². The van der Waals surface area contributed by atoms with E-state index in [1.54, 1.807) is 19.2 Å². The Bertz CT molecular complexity index is 857. The number of piperidine rings is 1. The van der Waals surface area contributed by atoms with E-state index < -0.39 is 12.2 Å². The van der Waals surface area contributed by atoms with Gasteiger partial charge in [0.25, 0.3) is 0 Å². The van der Waals surface area contributed by atoms with Crippen LogP contribution >= 0.6 is 0 Å². The van der Waals surface area contributed by atoms with E-state index in [0.717, 1.165) is 48.6 Å².